The zero-order valence-corrected chi connectivity index (χ0v) is 37.0. The first-order valence-electron chi connectivity index (χ1n) is 22.6. The second-order valence-corrected chi connectivity index (χ2v) is 17.0. The SMILES string of the molecule is CCCCCC/C=C\CCCCCCCCCC(=O)OCC(COP(=O)(O)OCCN(C)C)OC(=O)CCCCCCCCC/C=C\CCCCCCCC. The Balaban J connectivity index is 4.27. The van der Waals surface area contributed by atoms with E-state index in [-0.39, 0.29) is 32.0 Å². The monoisotopic (exact) mass is 800 g/mol. The van der Waals surface area contributed by atoms with Crippen LogP contribution in [0.25, 0.3) is 0 Å². The smallest absolute Gasteiger partial charge is 0.462 e. The molecule has 324 valence electrons. The molecule has 0 aliphatic rings. The van der Waals surface area contributed by atoms with E-state index in [2.05, 4.69) is 38.2 Å². The lowest BCUT2D eigenvalue weighted by atomic mass is 10.1. The summed E-state index contributed by atoms with van der Waals surface area (Å²) in [6, 6.07) is 0. The molecule has 0 spiro atoms. The predicted octanol–water partition coefficient (Wildman–Crippen LogP) is 13.0. The summed E-state index contributed by atoms with van der Waals surface area (Å²) < 4.78 is 33.5. The maximum atomic E-state index is 12.7. The van der Waals surface area contributed by atoms with Gasteiger partial charge in [0.1, 0.15) is 6.61 Å². The third kappa shape index (κ3) is 41.9. The Morgan fingerprint density at radius 1 is 0.545 bits per heavy atom. The number of nitrogens with zero attached hydrogens (tertiary/aromatic N) is 1. The molecule has 2 atom stereocenters. The molecule has 1 N–H and O–H groups in total. The summed E-state index contributed by atoms with van der Waals surface area (Å²) in [7, 11) is -0.711. The Bertz CT molecular complexity index is 973. The summed E-state index contributed by atoms with van der Waals surface area (Å²) in [5.41, 5.74) is 0. The largest absolute Gasteiger partial charge is 0.472 e. The van der Waals surface area contributed by atoms with Gasteiger partial charge in [0, 0.05) is 19.4 Å². The van der Waals surface area contributed by atoms with Gasteiger partial charge in [-0.15, -0.1) is 0 Å². The van der Waals surface area contributed by atoms with Gasteiger partial charge in [-0.05, 0) is 78.3 Å². The number of hydrogen-bond acceptors (Lipinski definition) is 8. The van der Waals surface area contributed by atoms with E-state index in [9.17, 15) is 19.0 Å². The van der Waals surface area contributed by atoms with Gasteiger partial charge in [0.2, 0.25) is 0 Å². The summed E-state index contributed by atoms with van der Waals surface area (Å²) in [6.45, 7) is 4.31. The lowest BCUT2D eigenvalue weighted by Gasteiger charge is -2.20. The van der Waals surface area contributed by atoms with Gasteiger partial charge >= 0.3 is 19.8 Å². The third-order valence-electron chi connectivity index (χ3n) is 9.73. The van der Waals surface area contributed by atoms with Gasteiger partial charge in [-0.3, -0.25) is 18.6 Å². The number of phosphoric acid groups is 1. The molecule has 0 aromatic rings. The molecule has 0 amide bonds. The molecule has 0 saturated heterocycles. The highest BCUT2D eigenvalue weighted by Gasteiger charge is 2.26. The molecule has 2 unspecified atom stereocenters. The number of phosphoric ester groups is 1. The van der Waals surface area contributed by atoms with Crippen molar-refractivity contribution < 1.29 is 37.6 Å². The minimum absolute atomic E-state index is 0.00712. The highest BCUT2D eigenvalue weighted by molar-refractivity contribution is 7.47. The molecule has 0 radical (unpaired) electrons. The molecule has 0 aliphatic carbocycles. The van der Waals surface area contributed by atoms with Crippen LogP contribution >= 0.6 is 7.82 Å². The molecule has 0 aliphatic heterocycles. The molecule has 0 aromatic carbocycles. The Morgan fingerprint density at radius 3 is 1.36 bits per heavy atom. The van der Waals surface area contributed by atoms with Gasteiger partial charge in [0.25, 0.3) is 0 Å². The summed E-state index contributed by atoms with van der Waals surface area (Å²) in [4.78, 5) is 37.0. The van der Waals surface area contributed by atoms with E-state index in [1.165, 1.54) is 122 Å². The van der Waals surface area contributed by atoms with E-state index in [1.807, 2.05) is 19.0 Å². The highest BCUT2D eigenvalue weighted by atomic mass is 31.2. The van der Waals surface area contributed by atoms with Crippen LogP contribution in [0.15, 0.2) is 24.3 Å². The molecule has 0 saturated carbocycles. The number of unbranched alkanes of at least 4 members (excludes halogenated alkanes) is 24. The minimum Gasteiger partial charge on any atom is -0.462 e. The van der Waals surface area contributed by atoms with Crippen molar-refractivity contribution in [3.05, 3.63) is 24.3 Å². The fraction of sp³-hybridized carbons (Fsp3) is 0.867. The average Bonchev–Trinajstić information content (AvgIpc) is 3.15. The normalized spacial score (nSPS) is 13.6. The number of allylic oxidation sites excluding steroid dienone is 4. The summed E-state index contributed by atoms with van der Waals surface area (Å²) in [6.07, 6.45) is 42.1. The first kappa shape index (κ1) is 53.5. The van der Waals surface area contributed by atoms with E-state index in [0.29, 0.717) is 13.0 Å². The van der Waals surface area contributed by atoms with Crippen molar-refractivity contribution in [3.63, 3.8) is 0 Å². The van der Waals surface area contributed by atoms with Crippen LogP contribution in [0, 0.1) is 0 Å². The molecule has 55 heavy (non-hydrogen) atoms. The van der Waals surface area contributed by atoms with Gasteiger partial charge in [0.05, 0.1) is 13.2 Å². The lowest BCUT2D eigenvalue weighted by Crippen LogP contribution is -2.29. The Hall–Kier alpha value is -1.51. The number of hydrogen-bond donors (Lipinski definition) is 1. The zero-order chi connectivity index (χ0) is 40.5. The molecular weight excluding hydrogens is 713 g/mol. The molecule has 10 heteroatoms. The minimum atomic E-state index is -4.36. The van der Waals surface area contributed by atoms with E-state index in [0.717, 1.165) is 51.4 Å². The standard InChI is InChI=1S/C45H86NO8P/c1-5-7-9-11-13-15-17-19-21-22-24-26-28-30-32-34-36-38-45(48)54-43(42-53-55(49,50)52-40-39-46(3)4)41-51-44(47)37-35-33-31-29-27-25-23-20-18-16-14-12-10-8-6-2/h16,18-19,21,43H,5-15,17,20,22-42H2,1-4H3,(H,49,50)/b18-16-,21-19-. The number of esters is 2. The van der Waals surface area contributed by atoms with Crippen LogP contribution in [0.5, 0.6) is 0 Å². The summed E-state index contributed by atoms with van der Waals surface area (Å²) in [5, 5.41) is 0. The van der Waals surface area contributed by atoms with Crippen LogP contribution in [-0.4, -0.2) is 68.3 Å². The van der Waals surface area contributed by atoms with Crippen molar-refractivity contribution in [3.8, 4) is 0 Å². The number of rotatable bonds is 42. The number of carbonyl (C=O) groups excluding carboxylic acids is 2. The van der Waals surface area contributed by atoms with Crippen LogP contribution < -0.4 is 0 Å². The van der Waals surface area contributed by atoms with Crippen LogP contribution in [0.2, 0.25) is 0 Å². The topological polar surface area (TPSA) is 112 Å². The number of carbonyl (C=O) groups is 2. The molecule has 0 heterocycles. The fourth-order valence-corrected chi connectivity index (χ4v) is 6.95. The van der Waals surface area contributed by atoms with E-state index in [4.69, 9.17) is 18.5 Å². The second kappa shape index (κ2) is 40.7. The summed E-state index contributed by atoms with van der Waals surface area (Å²) in [5.74, 6) is -0.807. The molecule has 0 rings (SSSR count). The molecular formula is C45H86NO8P. The fourth-order valence-electron chi connectivity index (χ4n) is 6.21. The van der Waals surface area contributed by atoms with Crippen molar-refractivity contribution in [1.29, 1.82) is 0 Å². The summed E-state index contributed by atoms with van der Waals surface area (Å²) >= 11 is 0. The van der Waals surface area contributed by atoms with Gasteiger partial charge in [-0.2, -0.15) is 0 Å². The molecule has 0 bridgehead atoms. The van der Waals surface area contributed by atoms with Crippen molar-refractivity contribution in [2.75, 3.05) is 40.5 Å². The van der Waals surface area contributed by atoms with Gasteiger partial charge in [-0.1, -0.05) is 154 Å². The van der Waals surface area contributed by atoms with Crippen LogP contribution in [0.4, 0.5) is 0 Å². The quantitative estimate of drug-likeness (QED) is 0.0279. The van der Waals surface area contributed by atoms with Crippen molar-refractivity contribution >= 4 is 19.8 Å². The van der Waals surface area contributed by atoms with Gasteiger partial charge in [-0.25, -0.2) is 4.57 Å². The first-order valence-corrected chi connectivity index (χ1v) is 24.1. The van der Waals surface area contributed by atoms with Gasteiger partial charge < -0.3 is 19.3 Å². The third-order valence-corrected chi connectivity index (χ3v) is 10.7. The van der Waals surface area contributed by atoms with E-state index < -0.39 is 26.5 Å². The number of likely N-dealkylation sites (N-methyl/N-ethyl adjacent to an activating group) is 1. The van der Waals surface area contributed by atoms with Crippen LogP contribution in [0.1, 0.15) is 206 Å². The second-order valence-electron chi connectivity index (χ2n) is 15.6. The first-order chi connectivity index (χ1) is 26.7. The maximum absolute atomic E-state index is 12.7. The Morgan fingerprint density at radius 2 is 0.927 bits per heavy atom. The van der Waals surface area contributed by atoms with E-state index in [1.54, 1.807) is 0 Å². The lowest BCUT2D eigenvalue weighted by molar-refractivity contribution is -0.161. The number of ether oxygens (including phenoxy) is 2. The van der Waals surface area contributed by atoms with Crippen LogP contribution in [0.3, 0.4) is 0 Å². The predicted molar refractivity (Wildman–Crippen MR) is 229 cm³/mol. The molecule has 0 fully saturated rings. The zero-order valence-electron chi connectivity index (χ0n) is 36.1. The van der Waals surface area contributed by atoms with Crippen molar-refractivity contribution in [2.45, 2.75) is 213 Å². The van der Waals surface area contributed by atoms with Gasteiger partial charge in [0.15, 0.2) is 6.10 Å². The molecule has 9 nitrogen and oxygen atoms in total. The van der Waals surface area contributed by atoms with Crippen molar-refractivity contribution in [2.24, 2.45) is 0 Å². The maximum Gasteiger partial charge on any atom is 0.472 e. The highest BCUT2D eigenvalue weighted by Crippen LogP contribution is 2.43. The Labute approximate surface area is 338 Å². The van der Waals surface area contributed by atoms with E-state index >= 15 is 0 Å². The van der Waals surface area contributed by atoms with Crippen molar-refractivity contribution in [1.82, 2.24) is 4.90 Å². The molecule has 0 aromatic heterocycles. The van der Waals surface area contributed by atoms with Crippen LogP contribution in [-0.2, 0) is 32.7 Å². The Kier molecular flexibility index (Phi) is 39.6. The average molecular weight is 800 g/mol.